The molecule has 394 valence electrons. The van der Waals surface area contributed by atoms with Crippen molar-refractivity contribution >= 4 is 11.4 Å². The maximum Gasteiger partial charge on any atom is 0.124 e. The molecule has 0 aromatic heterocycles. The molecule has 0 unspecified atom stereocenters. The summed E-state index contributed by atoms with van der Waals surface area (Å²) in [5, 5.41) is 49.9. The molecule has 0 fully saturated rings. The summed E-state index contributed by atoms with van der Waals surface area (Å²) in [5.74, 6) is 1.09. The number of para-hydroxylation sites is 2. The molecule has 0 amide bonds. The van der Waals surface area contributed by atoms with Crippen LogP contribution in [0.15, 0.2) is 72.8 Å². The van der Waals surface area contributed by atoms with Crippen LogP contribution in [0.3, 0.4) is 0 Å². The molecule has 0 aliphatic carbocycles. The Morgan fingerprint density at radius 1 is 0.278 bits per heavy atom. The number of phenolic OH excluding ortho intramolecular Hbond substituents is 4. The summed E-state index contributed by atoms with van der Waals surface area (Å²) in [4.78, 5) is 4.62. The summed E-state index contributed by atoms with van der Waals surface area (Å²) in [6.45, 7) is 53.7. The minimum Gasteiger partial charge on any atom is -0.507 e. The molecule has 6 heteroatoms. The Labute approximate surface area is 437 Å². The first-order valence-corrected chi connectivity index (χ1v) is 26.5. The van der Waals surface area contributed by atoms with E-state index in [0.717, 1.165) is 78.1 Å². The van der Waals surface area contributed by atoms with Crippen LogP contribution in [0.4, 0.5) is 11.4 Å². The van der Waals surface area contributed by atoms with Crippen LogP contribution in [-0.2, 0) is 69.5 Å². The predicted octanol–water partition coefficient (Wildman–Crippen LogP) is 17.3. The highest BCUT2D eigenvalue weighted by molar-refractivity contribution is 5.73. The van der Waals surface area contributed by atoms with Gasteiger partial charge in [-0.2, -0.15) is 0 Å². The van der Waals surface area contributed by atoms with Crippen molar-refractivity contribution in [1.29, 1.82) is 0 Å². The van der Waals surface area contributed by atoms with Gasteiger partial charge >= 0.3 is 0 Å². The van der Waals surface area contributed by atoms with Gasteiger partial charge in [0.2, 0.25) is 0 Å². The molecule has 5 aromatic rings. The van der Waals surface area contributed by atoms with Crippen LogP contribution in [0.2, 0.25) is 0 Å². The zero-order valence-electron chi connectivity index (χ0n) is 49.4. The first-order valence-electron chi connectivity index (χ1n) is 26.5. The fraction of sp³-hybridized carbons (Fsp3) is 0.545. The minimum absolute atomic E-state index is 0.200. The van der Waals surface area contributed by atoms with E-state index in [1.54, 1.807) is 0 Å². The van der Waals surface area contributed by atoms with Crippen molar-refractivity contribution in [2.45, 2.75) is 236 Å². The molecule has 4 N–H and O–H groups in total. The zero-order valence-corrected chi connectivity index (χ0v) is 49.4. The highest BCUT2D eigenvalue weighted by atomic mass is 16.3. The maximum atomic E-state index is 12.5. The summed E-state index contributed by atoms with van der Waals surface area (Å²) < 4.78 is 0. The standard InChI is InChI=1S/C66H96N2O4/c1-59(2,3)45-29-41(55(69)49(33-45)63(13,14)15)37-67(38-42-30-46(60(4,5)6)34-50(56(42)70)64(16,17)18)53-27-25-26-28-54(53)68(39-43-31-47(61(7,8)9)35-51(57(43)71)65(19,20)21)40-44-32-48(62(10,11)12)36-52(58(44)72)66(22,23)24/h25-36,69-72H,37-40H2,1-24H3. The number of aromatic hydroxyl groups is 4. The van der Waals surface area contributed by atoms with E-state index in [4.69, 9.17) is 0 Å². The van der Waals surface area contributed by atoms with Gasteiger partial charge in [-0.3, -0.25) is 0 Å². The van der Waals surface area contributed by atoms with Crippen LogP contribution in [0, 0.1) is 0 Å². The Hall–Kier alpha value is -5.10. The van der Waals surface area contributed by atoms with Crippen LogP contribution in [-0.4, -0.2) is 20.4 Å². The van der Waals surface area contributed by atoms with Gasteiger partial charge in [-0.25, -0.2) is 0 Å². The molecule has 0 radical (unpaired) electrons. The van der Waals surface area contributed by atoms with Crippen molar-refractivity contribution < 1.29 is 20.4 Å². The molecule has 0 bridgehead atoms. The van der Waals surface area contributed by atoms with Crippen molar-refractivity contribution in [3.63, 3.8) is 0 Å². The molecular formula is C66H96N2O4. The van der Waals surface area contributed by atoms with E-state index in [9.17, 15) is 20.4 Å². The third-order valence-corrected chi connectivity index (χ3v) is 14.5. The van der Waals surface area contributed by atoms with Gasteiger partial charge in [0.25, 0.3) is 0 Å². The molecule has 0 saturated heterocycles. The van der Waals surface area contributed by atoms with Crippen molar-refractivity contribution in [3.8, 4) is 23.0 Å². The number of hydrogen-bond acceptors (Lipinski definition) is 6. The number of nitrogens with zero attached hydrogens (tertiary/aromatic N) is 2. The fourth-order valence-electron chi connectivity index (χ4n) is 9.55. The first kappa shape index (κ1) is 57.8. The summed E-state index contributed by atoms with van der Waals surface area (Å²) in [6.07, 6.45) is 0. The molecule has 0 spiro atoms. The Kier molecular flexibility index (Phi) is 15.8. The second kappa shape index (κ2) is 19.6. The minimum atomic E-state index is -0.342. The van der Waals surface area contributed by atoms with Crippen molar-refractivity contribution in [3.05, 3.63) is 140 Å². The van der Waals surface area contributed by atoms with Gasteiger partial charge in [0.1, 0.15) is 23.0 Å². The molecule has 0 aliphatic rings. The lowest BCUT2D eigenvalue weighted by Gasteiger charge is -2.36. The smallest absolute Gasteiger partial charge is 0.124 e. The molecule has 0 heterocycles. The lowest BCUT2D eigenvalue weighted by molar-refractivity contribution is 0.432. The number of benzene rings is 5. The molecule has 6 nitrogen and oxygen atoms in total. The third-order valence-electron chi connectivity index (χ3n) is 14.5. The van der Waals surface area contributed by atoms with Crippen molar-refractivity contribution in [1.82, 2.24) is 0 Å². The van der Waals surface area contributed by atoms with E-state index in [-0.39, 0.29) is 66.3 Å². The average Bonchev–Trinajstić information content (AvgIpc) is 3.19. The van der Waals surface area contributed by atoms with Gasteiger partial charge in [-0.05, 0) is 124 Å². The van der Waals surface area contributed by atoms with Crippen molar-refractivity contribution in [2.24, 2.45) is 0 Å². The molecule has 0 atom stereocenters. The normalized spacial score (nSPS) is 13.4. The van der Waals surface area contributed by atoms with E-state index >= 15 is 0 Å². The van der Waals surface area contributed by atoms with Crippen LogP contribution < -0.4 is 9.80 Å². The third kappa shape index (κ3) is 13.2. The van der Waals surface area contributed by atoms with E-state index < -0.39 is 0 Å². The van der Waals surface area contributed by atoms with E-state index in [1.165, 1.54) is 0 Å². The van der Waals surface area contributed by atoms with Crippen LogP contribution in [0.1, 0.15) is 233 Å². The fourth-order valence-corrected chi connectivity index (χ4v) is 9.55. The maximum absolute atomic E-state index is 12.5. The number of phenols is 4. The van der Waals surface area contributed by atoms with E-state index in [0.29, 0.717) is 26.2 Å². The van der Waals surface area contributed by atoms with Gasteiger partial charge < -0.3 is 30.2 Å². The monoisotopic (exact) mass is 981 g/mol. The number of anilines is 2. The van der Waals surface area contributed by atoms with Gasteiger partial charge in [0.05, 0.1) is 11.4 Å². The van der Waals surface area contributed by atoms with E-state index in [1.807, 2.05) is 0 Å². The second-order valence-electron chi connectivity index (χ2n) is 29.3. The van der Waals surface area contributed by atoms with Gasteiger partial charge in [-0.1, -0.05) is 203 Å². The average molecular weight is 982 g/mol. The molecule has 5 aromatic carbocycles. The lowest BCUT2D eigenvalue weighted by Crippen LogP contribution is -2.30. The van der Waals surface area contributed by atoms with Crippen molar-refractivity contribution in [2.75, 3.05) is 9.80 Å². The van der Waals surface area contributed by atoms with Gasteiger partial charge in [0, 0.05) is 48.4 Å². The SMILES string of the molecule is CC(C)(C)c1cc(CN(Cc2cc(C(C)(C)C)cc(C(C)(C)C)c2O)c2ccccc2N(Cc2cc(C(C)(C)C)cc(C(C)(C)C)c2O)Cc2cc(C(C)(C)C)cc(C(C)(C)C)c2O)c(O)c(C(C)(C)C)c1. The summed E-state index contributed by atoms with van der Waals surface area (Å²) in [6, 6.07) is 25.7. The topological polar surface area (TPSA) is 87.4 Å². The molecule has 0 saturated carbocycles. The van der Waals surface area contributed by atoms with Gasteiger partial charge in [0.15, 0.2) is 0 Å². The number of hydrogen-bond donors (Lipinski definition) is 4. The van der Waals surface area contributed by atoms with Crippen LogP contribution >= 0.6 is 0 Å². The quantitative estimate of drug-likeness (QED) is 0.112. The highest BCUT2D eigenvalue weighted by Gasteiger charge is 2.33. The Bertz CT molecular complexity index is 2400. The Morgan fingerprint density at radius 2 is 0.458 bits per heavy atom. The van der Waals surface area contributed by atoms with E-state index in [2.05, 4.69) is 249 Å². The predicted molar refractivity (Wildman–Crippen MR) is 308 cm³/mol. The molecular weight excluding hydrogens is 885 g/mol. The summed E-state index contributed by atoms with van der Waals surface area (Å²) >= 11 is 0. The molecule has 72 heavy (non-hydrogen) atoms. The van der Waals surface area contributed by atoms with Crippen LogP contribution in [0.5, 0.6) is 23.0 Å². The molecule has 0 aliphatic heterocycles. The summed E-state index contributed by atoms with van der Waals surface area (Å²) in [7, 11) is 0. The largest absolute Gasteiger partial charge is 0.507 e. The first-order chi connectivity index (χ1) is 32.4. The number of rotatable bonds is 10. The Morgan fingerprint density at radius 3 is 0.611 bits per heavy atom. The lowest BCUT2D eigenvalue weighted by atomic mass is 9.78. The second-order valence-corrected chi connectivity index (χ2v) is 29.3. The summed E-state index contributed by atoms with van der Waals surface area (Å²) in [5.41, 5.74) is 10.9. The highest BCUT2D eigenvalue weighted by Crippen LogP contribution is 2.46. The Balaban J connectivity index is 1.94. The van der Waals surface area contributed by atoms with Gasteiger partial charge in [-0.15, -0.1) is 0 Å². The van der Waals surface area contributed by atoms with Crippen LogP contribution in [0.25, 0.3) is 0 Å². The molecule has 5 rings (SSSR count). The zero-order chi connectivity index (χ0) is 54.9.